The van der Waals surface area contributed by atoms with Crippen molar-refractivity contribution < 1.29 is 25.2 Å². The van der Waals surface area contributed by atoms with E-state index in [1.54, 1.807) is 37.3 Å². The van der Waals surface area contributed by atoms with Crippen LogP contribution < -0.4 is 10.9 Å². The van der Waals surface area contributed by atoms with Gasteiger partial charge in [-0.05, 0) is 47.1 Å². The van der Waals surface area contributed by atoms with E-state index in [0.29, 0.717) is 32.6 Å². The molecule has 1 aliphatic heterocycles. The van der Waals surface area contributed by atoms with Crippen molar-refractivity contribution in [3.8, 4) is 5.69 Å². The molecule has 5 N–H and O–H groups in total. The van der Waals surface area contributed by atoms with Crippen molar-refractivity contribution in [2.75, 3.05) is 11.9 Å². The van der Waals surface area contributed by atoms with Crippen molar-refractivity contribution >= 4 is 48.5 Å². The number of ether oxygens (including phenoxy) is 1. The zero-order chi connectivity index (χ0) is 23.2. The van der Waals surface area contributed by atoms with E-state index in [4.69, 9.17) is 4.74 Å². The summed E-state index contributed by atoms with van der Waals surface area (Å²) in [6, 6.07) is 10.4. The first kappa shape index (κ1) is 23.3. The summed E-state index contributed by atoms with van der Waals surface area (Å²) in [5.41, 5.74) is 1.12. The molecule has 2 heterocycles. The molecule has 0 aliphatic carbocycles. The molecule has 3 aromatic rings. The molecule has 11 heteroatoms. The van der Waals surface area contributed by atoms with Gasteiger partial charge >= 0.3 is 0 Å². The molecule has 0 amide bonds. The molecule has 2 aromatic carbocycles. The second-order valence-electron chi connectivity index (χ2n) is 7.49. The normalized spacial score (nSPS) is 25.8. The van der Waals surface area contributed by atoms with Crippen LogP contribution in [0.15, 0.2) is 50.1 Å². The number of aromatic nitrogens is 2. The molecule has 9 nitrogen and oxygen atoms in total. The third-order valence-electron chi connectivity index (χ3n) is 5.39. The number of fused-ring (bicyclic) bond motifs is 1. The minimum absolute atomic E-state index is 0.294. The van der Waals surface area contributed by atoms with E-state index in [1.165, 1.54) is 4.57 Å². The third-order valence-corrected chi connectivity index (χ3v) is 6.46. The number of aliphatic hydroxyl groups excluding tert-OH is 4. The zero-order valence-electron chi connectivity index (χ0n) is 16.8. The van der Waals surface area contributed by atoms with Gasteiger partial charge in [0.05, 0.1) is 28.9 Å². The highest BCUT2D eigenvalue weighted by Crippen LogP contribution is 2.29. The van der Waals surface area contributed by atoms with Crippen LogP contribution in [-0.2, 0) is 4.74 Å². The summed E-state index contributed by atoms with van der Waals surface area (Å²) in [7, 11) is 0. The molecule has 1 aliphatic rings. The van der Waals surface area contributed by atoms with E-state index in [1.807, 2.05) is 6.07 Å². The van der Waals surface area contributed by atoms with Gasteiger partial charge in [0.2, 0.25) is 0 Å². The van der Waals surface area contributed by atoms with Gasteiger partial charge in [0.25, 0.3) is 5.56 Å². The highest BCUT2D eigenvalue weighted by Gasteiger charge is 2.43. The van der Waals surface area contributed by atoms with E-state index in [2.05, 4.69) is 42.2 Å². The zero-order valence-corrected chi connectivity index (χ0v) is 20.0. The molecule has 0 unspecified atom stereocenters. The molecule has 1 saturated heterocycles. The Balaban J connectivity index is 1.80. The van der Waals surface area contributed by atoms with Crippen LogP contribution in [-0.4, -0.2) is 67.2 Å². The molecule has 1 fully saturated rings. The van der Waals surface area contributed by atoms with Crippen molar-refractivity contribution in [1.29, 1.82) is 0 Å². The minimum atomic E-state index is -1.52. The molecule has 32 heavy (non-hydrogen) atoms. The van der Waals surface area contributed by atoms with Crippen LogP contribution in [0.25, 0.3) is 16.6 Å². The SMILES string of the molecule is Cc1nc2c(Br)cc(Br)cc2c(=O)n1-c1ccccc1N[C@@H]1O[C@@H](CO)[C@@H](O)[C@@H](O)[C@@H]1O. The van der Waals surface area contributed by atoms with Crippen molar-refractivity contribution in [2.45, 2.75) is 37.6 Å². The first-order chi connectivity index (χ1) is 15.2. The Hall–Kier alpha value is -1.86. The predicted octanol–water partition coefficient (Wildman–Crippen LogP) is 1.43. The summed E-state index contributed by atoms with van der Waals surface area (Å²) in [4.78, 5) is 18.0. The standard InChI is InChI=1S/C21H21Br2N3O6/c1-9-24-16-11(6-10(22)7-12(16)23)21(31)26(9)14-5-3-2-4-13(14)25-20-19(30)18(29)17(28)15(8-27)32-20/h2-7,15,17-20,25,27-30H,8H2,1H3/t15-,17+,18+,19-,20+/m0/s1. The quantitative estimate of drug-likeness (QED) is 0.318. The van der Waals surface area contributed by atoms with E-state index < -0.39 is 37.3 Å². The van der Waals surface area contributed by atoms with Gasteiger partial charge in [-0.1, -0.05) is 28.1 Å². The summed E-state index contributed by atoms with van der Waals surface area (Å²) in [5.74, 6) is 0.438. The number of aliphatic hydroxyl groups is 4. The van der Waals surface area contributed by atoms with Gasteiger partial charge in [-0.15, -0.1) is 0 Å². The van der Waals surface area contributed by atoms with Gasteiger partial charge in [-0.3, -0.25) is 9.36 Å². The van der Waals surface area contributed by atoms with Crippen LogP contribution in [0.4, 0.5) is 5.69 Å². The van der Waals surface area contributed by atoms with E-state index >= 15 is 0 Å². The van der Waals surface area contributed by atoms with Crippen LogP contribution in [0, 0.1) is 6.92 Å². The summed E-state index contributed by atoms with van der Waals surface area (Å²) >= 11 is 6.84. The molecule has 5 atom stereocenters. The average molecular weight is 571 g/mol. The number of hydrogen-bond donors (Lipinski definition) is 5. The van der Waals surface area contributed by atoms with Gasteiger partial charge in [0.1, 0.15) is 30.2 Å². The van der Waals surface area contributed by atoms with E-state index in [0.717, 1.165) is 4.47 Å². The summed E-state index contributed by atoms with van der Waals surface area (Å²) in [5, 5.41) is 43.3. The first-order valence-electron chi connectivity index (χ1n) is 9.77. The van der Waals surface area contributed by atoms with Gasteiger partial charge in [-0.25, -0.2) is 4.98 Å². The van der Waals surface area contributed by atoms with Crippen molar-refractivity contribution in [1.82, 2.24) is 9.55 Å². The highest BCUT2D eigenvalue weighted by atomic mass is 79.9. The lowest BCUT2D eigenvalue weighted by Crippen LogP contribution is -2.60. The van der Waals surface area contributed by atoms with Crippen LogP contribution in [0.3, 0.4) is 0 Å². The lowest BCUT2D eigenvalue weighted by Gasteiger charge is -2.40. The Labute approximate surface area is 199 Å². The third kappa shape index (κ3) is 4.10. The van der Waals surface area contributed by atoms with Crippen LogP contribution >= 0.6 is 31.9 Å². The molecule has 4 rings (SSSR count). The fraction of sp³-hybridized carbons (Fsp3) is 0.333. The predicted molar refractivity (Wildman–Crippen MR) is 125 cm³/mol. The van der Waals surface area contributed by atoms with Gasteiger partial charge in [0.15, 0.2) is 6.23 Å². The fourth-order valence-electron chi connectivity index (χ4n) is 3.77. The van der Waals surface area contributed by atoms with Gasteiger partial charge in [0, 0.05) is 8.95 Å². The second-order valence-corrected chi connectivity index (χ2v) is 9.26. The molecule has 170 valence electrons. The number of anilines is 1. The lowest BCUT2D eigenvalue weighted by atomic mass is 9.98. The van der Waals surface area contributed by atoms with E-state index in [9.17, 15) is 25.2 Å². The number of nitrogens with zero attached hydrogens (tertiary/aromatic N) is 2. The number of benzene rings is 2. The summed E-state index contributed by atoms with van der Waals surface area (Å²) in [6.07, 6.45) is -6.65. The fourth-order valence-corrected chi connectivity index (χ4v) is 5.08. The Morgan fingerprint density at radius 3 is 2.56 bits per heavy atom. The van der Waals surface area contributed by atoms with Crippen LogP contribution in [0.5, 0.6) is 0 Å². The molecule has 0 bridgehead atoms. The van der Waals surface area contributed by atoms with E-state index in [-0.39, 0.29) is 5.56 Å². The smallest absolute Gasteiger partial charge is 0.266 e. The average Bonchev–Trinajstić information content (AvgIpc) is 2.76. The number of halogens is 2. The van der Waals surface area contributed by atoms with Crippen molar-refractivity contribution in [3.63, 3.8) is 0 Å². The van der Waals surface area contributed by atoms with Crippen molar-refractivity contribution in [2.24, 2.45) is 0 Å². The minimum Gasteiger partial charge on any atom is -0.394 e. The molecular weight excluding hydrogens is 550 g/mol. The molecular formula is C21H21Br2N3O6. The number of rotatable bonds is 4. The molecule has 1 aromatic heterocycles. The molecule has 0 spiro atoms. The van der Waals surface area contributed by atoms with Crippen LogP contribution in [0.2, 0.25) is 0 Å². The number of hydrogen-bond acceptors (Lipinski definition) is 8. The molecule has 0 saturated carbocycles. The number of aryl methyl sites for hydroxylation is 1. The molecule has 0 radical (unpaired) electrons. The largest absolute Gasteiger partial charge is 0.394 e. The van der Waals surface area contributed by atoms with Crippen LogP contribution in [0.1, 0.15) is 5.82 Å². The van der Waals surface area contributed by atoms with Gasteiger partial charge < -0.3 is 30.5 Å². The maximum atomic E-state index is 13.4. The lowest BCUT2D eigenvalue weighted by molar-refractivity contribution is -0.221. The maximum Gasteiger partial charge on any atom is 0.266 e. The Kier molecular flexibility index (Phi) is 6.68. The number of nitrogens with one attached hydrogen (secondary N) is 1. The monoisotopic (exact) mass is 569 g/mol. The Bertz CT molecular complexity index is 1220. The topological polar surface area (TPSA) is 137 Å². The Morgan fingerprint density at radius 2 is 1.84 bits per heavy atom. The first-order valence-corrected chi connectivity index (χ1v) is 11.4. The Morgan fingerprint density at radius 1 is 1.12 bits per heavy atom. The maximum absolute atomic E-state index is 13.4. The number of para-hydroxylation sites is 2. The second kappa shape index (κ2) is 9.18. The summed E-state index contributed by atoms with van der Waals surface area (Å²) < 4.78 is 8.39. The highest BCUT2D eigenvalue weighted by molar-refractivity contribution is 9.11. The summed E-state index contributed by atoms with van der Waals surface area (Å²) in [6.45, 7) is 1.17. The van der Waals surface area contributed by atoms with Gasteiger partial charge in [-0.2, -0.15) is 0 Å². The van der Waals surface area contributed by atoms with Crippen molar-refractivity contribution in [3.05, 3.63) is 61.5 Å².